The molecule has 1 fully saturated rings. The molecule has 0 radical (unpaired) electrons. The van der Waals surface area contributed by atoms with Gasteiger partial charge in [0, 0.05) is 36.5 Å². The highest BCUT2D eigenvalue weighted by molar-refractivity contribution is 7.98. The fourth-order valence-corrected chi connectivity index (χ4v) is 5.10. The molecule has 1 aromatic heterocycles. The van der Waals surface area contributed by atoms with Crippen LogP contribution in [0.1, 0.15) is 41.1 Å². The van der Waals surface area contributed by atoms with E-state index < -0.39 is 0 Å². The summed E-state index contributed by atoms with van der Waals surface area (Å²) in [6.07, 6.45) is 3.86. The summed E-state index contributed by atoms with van der Waals surface area (Å²) in [4.78, 5) is 17.3. The van der Waals surface area contributed by atoms with Crippen LogP contribution in [0.2, 0.25) is 0 Å². The van der Waals surface area contributed by atoms with Gasteiger partial charge in [0.05, 0.1) is 12.4 Å². The van der Waals surface area contributed by atoms with Gasteiger partial charge < -0.3 is 19.0 Å². The number of fused-ring (bicyclic) bond motifs is 1. The molecule has 0 atom stereocenters. The lowest BCUT2D eigenvalue weighted by atomic mass is 10.1. The van der Waals surface area contributed by atoms with Gasteiger partial charge in [0.25, 0.3) is 5.91 Å². The number of likely N-dealkylation sites (tertiary alicyclic amines) is 1. The molecular formula is C26H30N4O3S. The Balaban J connectivity index is 1.11. The lowest BCUT2D eigenvalue weighted by Crippen LogP contribution is -2.38. The fourth-order valence-electron chi connectivity index (χ4n) is 4.46. The molecule has 0 aliphatic carbocycles. The van der Waals surface area contributed by atoms with Crippen LogP contribution in [-0.2, 0) is 12.3 Å². The topological polar surface area (TPSA) is 71.7 Å². The minimum atomic E-state index is 0.124. The van der Waals surface area contributed by atoms with Crippen LogP contribution in [0.5, 0.6) is 5.75 Å². The van der Waals surface area contributed by atoms with Crippen molar-refractivity contribution in [2.75, 3.05) is 38.5 Å². The van der Waals surface area contributed by atoms with Gasteiger partial charge in [0.2, 0.25) is 11.8 Å². The molecule has 0 spiro atoms. The summed E-state index contributed by atoms with van der Waals surface area (Å²) < 4.78 is 11.6. The number of aromatic nitrogens is 2. The van der Waals surface area contributed by atoms with Gasteiger partial charge in [-0.25, -0.2) is 0 Å². The zero-order valence-corrected chi connectivity index (χ0v) is 20.1. The first-order chi connectivity index (χ1) is 16.8. The molecule has 178 valence electrons. The molecule has 5 rings (SSSR count). The number of carbonyl (C=O) groups excluding carboxylic acids is 1. The Morgan fingerprint density at radius 1 is 1.00 bits per heavy atom. The van der Waals surface area contributed by atoms with Crippen molar-refractivity contribution in [2.24, 2.45) is 0 Å². The van der Waals surface area contributed by atoms with Crippen LogP contribution in [0.4, 0.5) is 0 Å². The van der Waals surface area contributed by atoms with Crippen molar-refractivity contribution in [1.82, 2.24) is 20.0 Å². The van der Waals surface area contributed by atoms with E-state index in [1.54, 1.807) is 11.8 Å². The van der Waals surface area contributed by atoms with Crippen LogP contribution in [0.25, 0.3) is 11.5 Å². The van der Waals surface area contributed by atoms with Crippen LogP contribution >= 0.6 is 11.8 Å². The summed E-state index contributed by atoms with van der Waals surface area (Å²) >= 11 is 1.70. The number of ether oxygens (including phenoxy) is 1. The van der Waals surface area contributed by atoms with Crippen LogP contribution < -0.4 is 4.74 Å². The monoisotopic (exact) mass is 478 g/mol. The van der Waals surface area contributed by atoms with Crippen molar-refractivity contribution in [3.63, 3.8) is 0 Å². The quantitative estimate of drug-likeness (QED) is 0.398. The highest BCUT2D eigenvalue weighted by Gasteiger charge is 2.28. The first-order valence-electron chi connectivity index (χ1n) is 12.0. The second-order valence-electron chi connectivity index (χ2n) is 8.72. The van der Waals surface area contributed by atoms with Crippen molar-refractivity contribution in [1.29, 1.82) is 0 Å². The molecule has 0 bridgehead atoms. The maximum atomic E-state index is 12.8. The van der Waals surface area contributed by atoms with E-state index in [2.05, 4.69) is 15.1 Å². The van der Waals surface area contributed by atoms with E-state index in [0.29, 0.717) is 30.7 Å². The third-order valence-corrected chi connectivity index (χ3v) is 7.20. The van der Waals surface area contributed by atoms with Gasteiger partial charge in [-0.05, 0) is 61.8 Å². The van der Waals surface area contributed by atoms with Gasteiger partial charge in [-0.1, -0.05) is 24.6 Å². The number of hydrogen-bond acceptors (Lipinski definition) is 7. The minimum absolute atomic E-state index is 0.124. The molecule has 2 aliphatic heterocycles. The third-order valence-electron chi connectivity index (χ3n) is 6.30. The summed E-state index contributed by atoms with van der Waals surface area (Å²) in [5.74, 6) is 3.57. The SMILES string of the molecule is O=C1c2ccc(-c3nnc(CSCCOc4ccccc4)o3)cc2CN1CCN1CCCCC1. The summed E-state index contributed by atoms with van der Waals surface area (Å²) in [5, 5.41) is 8.42. The predicted octanol–water partition coefficient (Wildman–Crippen LogP) is 4.49. The van der Waals surface area contributed by atoms with E-state index in [4.69, 9.17) is 9.15 Å². The van der Waals surface area contributed by atoms with Crippen molar-refractivity contribution in [2.45, 2.75) is 31.6 Å². The van der Waals surface area contributed by atoms with Crippen molar-refractivity contribution in [3.05, 3.63) is 65.5 Å². The molecule has 3 heterocycles. The van der Waals surface area contributed by atoms with E-state index in [0.717, 1.165) is 54.4 Å². The summed E-state index contributed by atoms with van der Waals surface area (Å²) in [5.41, 5.74) is 2.69. The van der Waals surface area contributed by atoms with Crippen molar-refractivity contribution in [3.8, 4) is 17.2 Å². The van der Waals surface area contributed by atoms with E-state index in [-0.39, 0.29) is 5.91 Å². The molecule has 0 unspecified atom stereocenters. The number of thioether (sulfide) groups is 1. The molecule has 0 N–H and O–H groups in total. The van der Waals surface area contributed by atoms with Crippen LogP contribution in [0.3, 0.4) is 0 Å². The zero-order chi connectivity index (χ0) is 23.2. The van der Waals surface area contributed by atoms with E-state index in [9.17, 15) is 4.79 Å². The Hall–Kier alpha value is -2.84. The summed E-state index contributed by atoms with van der Waals surface area (Å²) in [6.45, 7) is 5.30. The maximum absolute atomic E-state index is 12.8. The molecule has 8 heteroatoms. The molecule has 1 saturated heterocycles. The van der Waals surface area contributed by atoms with Crippen molar-refractivity contribution >= 4 is 17.7 Å². The first-order valence-corrected chi connectivity index (χ1v) is 13.1. The highest BCUT2D eigenvalue weighted by atomic mass is 32.2. The molecule has 0 saturated carbocycles. The van der Waals surface area contributed by atoms with Gasteiger partial charge >= 0.3 is 0 Å². The number of benzene rings is 2. The highest BCUT2D eigenvalue weighted by Crippen LogP contribution is 2.28. The van der Waals surface area contributed by atoms with Gasteiger partial charge in [-0.3, -0.25) is 4.79 Å². The Morgan fingerprint density at radius 2 is 1.85 bits per heavy atom. The van der Waals surface area contributed by atoms with Gasteiger partial charge in [-0.2, -0.15) is 0 Å². The number of amides is 1. The number of carbonyl (C=O) groups is 1. The summed E-state index contributed by atoms with van der Waals surface area (Å²) in [6, 6.07) is 15.6. The standard InChI is InChI=1S/C26H30N4O3S/c31-26-23-10-9-20(17-21(23)18-30(26)14-13-29-11-5-2-6-12-29)25-28-27-24(33-25)19-34-16-15-32-22-7-3-1-4-8-22/h1,3-4,7-10,17H,2,5-6,11-16,18-19H2. The minimum Gasteiger partial charge on any atom is -0.493 e. The normalized spacial score (nSPS) is 16.1. The number of rotatable bonds is 10. The zero-order valence-electron chi connectivity index (χ0n) is 19.3. The number of hydrogen-bond donors (Lipinski definition) is 0. The van der Waals surface area contributed by atoms with Crippen LogP contribution in [0.15, 0.2) is 52.9 Å². The molecular weight excluding hydrogens is 448 g/mol. The van der Waals surface area contributed by atoms with E-state index in [1.165, 1.54) is 19.3 Å². The Kier molecular flexibility index (Phi) is 7.46. The summed E-state index contributed by atoms with van der Waals surface area (Å²) in [7, 11) is 0. The maximum Gasteiger partial charge on any atom is 0.254 e. The molecule has 1 amide bonds. The Morgan fingerprint density at radius 3 is 2.71 bits per heavy atom. The van der Waals surface area contributed by atoms with E-state index in [1.807, 2.05) is 53.4 Å². The third kappa shape index (κ3) is 5.62. The molecule has 2 aliphatic rings. The fraction of sp³-hybridized carbons (Fsp3) is 0.423. The van der Waals surface area contributed by atoms with Gasteiger partial charge in [0.15, 0.2) is 0 Å². The lowest BCUT2D eigenvalue weighted by molar-refractivity contribution is 0.0752. The van der Waals surface area contributed by atoms with E-state index >= 15 is 0 Å². The molecule has 7 nitrogen and oxygen atoms in total. The molecule has 34 heavy (non-hydrogen) atoms. The Bertz CT molecular complexity index is 1100. The largest absolute Gasteiger partial charge is 0.493 e. The average Bonchev–Trinajstić information content (AvgIpc) is 3.48. The lowest BCUT2D eigenvalue weighted by Gasteiger charge is -2.28. The van der Waals surface area contributed by atoms with Gasteiger partial charge in [0.1, 0.15) is 5.75 Å². The molecule has 2 aromatic carbocycles. The smallest absolute Gasteiger partial charge is 0.254 e. The van der Waals surface area contributed by atoms with Crippen LogP contribution in [-0.4, -0.2) is 64.4 Å². The van der Waals surface area contributed by atoms with Crippen molar-refractivity contribution < 1.29 is 13.9 Å². The number of nitrogens with zero attached hydrogens (tertiary/aromatic N) is 4. The number of piperidine rings is 1. The average molecular weight is 479 g/mol. The number of para-hydroxylation sites is 1. The Labute approximate surface area is 204 Å². The second-order valence-corrected chi connectivity index (χ2v) is 9.82. The second kappa shape index (κ2) is 11.1. The molecule has 3 aromatic rings. The van der Waals surface area contributed by atoms with Crippen LogP contribution in [0, 0.1) is 0 Å². The van der Waals surface area contributed by atoms with Gasteiger partial charge in [-0.15, -0.1) is 22.0 Å². The predicted molar refractivity (Wildman–Crippen MR) is 133 cm³/mol. The first kappa shape index (κ1) is 22.9.